The summed E-state index contributed by atoms with van der Waals surface area (Å²) in [6, 6.07) is 44.8. The van der Waals surface area contributed by atoms with Crippen molar-refractivity contribution in [1.82, 2.24) is 14.5 Å². The van der Waals surface area contributed by atoms with Crippen molar-refractivity contribution in [2.24, 2.45) is 0 Å². The molecule has 0 aliphatic heterocycles. The number of benzene rings is 4. The Bertz CT molecular complexity index is 1490. The van der Waals surface area contributed by atoms with Crippen LogP contribution in [0.1, 0.15) is 5.56 Å². The molecule has 4 heteroatoms. The third-order valence-corrected chi connectivity index (χ3v) is 5.50. The van der Waals surface area contributed by atoms with Crippen molar-refractivity contribution in [2.75, 3.05) is 0 Å². The number of hydrogen-bond donors (Lipinski definition) is 0. The number of aryl methyl sites for hydroxylation is 1. The van der Waals surface area contributed by atoms with Crippen LogP contribution < -0.4 is 0 Å². The summed E-state index contributed by atoms with van der Waals surface area (Å²) in [6.45, 7) is 2.06. The van der Waals surface area contributed by atoms with E-state index in [1.165, 1.54) is 5.56 Å². The molecule has 6 rings (SSSR count). The molecule has 0 unspecified atom stereocenters. The average Bonchev–Trinajstić information content (AvgIpc) is 3.31. The van der Waals surface area contributed by atoms with E-state index in [1.807, 2.05) is 97.2 Å². The molecule has 0 fully saturated rings. The smallest absolute Gasteiger partial charge is 0.0774 e. The molecule has 4 aromatic carbocycles. The molecular weight excluding hydrogens is 607 g/mol. The van der Waals surface area contributed by atoms with Gasteiger partial charge in [-0.25, -0.2) is 0 Å². The van der Waals surface area contributed by atoms with E-state index < -0.39 is 0 Å². The number of aromatic nitrogens is 3. The first-order valence-electron chi connectivity index (χ1n) is 11.2. The summed E-state index contributed by atoms with van der Waals surface area (Å²) in [5.74, 6) is 0.919. The molecule has 0 saturated heterocycles. The minimum Gasteiger partial charge on any atom is -0.333 e. The van der Waals surface area contributed by atoms with Crippen LogP contribution in [-0.4, -0.2) is 14.5 Å². The molecule has 6 aromatic rings. The summed E-state index contributed by atoms with van der Waals surface area (Å²) in [6.07, 6.45) is 1.81. The van der Waals surface area contributed by atoms with Crippen LogP contribution in [0.3, 0.4) is 0 Å². The van der Waals surface area contributed by atoms with Gasteiger partial charge < -0.3 is 9.55 Å². The van der Waals surface area contributed by atoms with Gasteiger partial charge in [-0.3, -0.25) is 4.98 Å². The Hall–Kier alpha value is -3.85. The standard InChI is InChI=1S/C19H13N2.C12H10N.Ir/c1-3-9-15(10-4-1)19-20-17-13-7-8-14-18(17)21(19)16-11-5-2-6-12-16;1-10-6-5-9-13-12(10)11-7-3-2-4-8-11;/h1-9,11-14H;2-7,9H,1H3;/q2*-1;. The Morgan fingerprint density at radius 3 is 2.00 bits per heavy atom. The zero-order valence-corrected chi connectivity index (χ0v) is 21.6. The van der Waals surface area contributed by atoms with Crippen LogP contribution in [0.15, 0.2) is 121 Å². The fraction of sp³-hybridized carbons (Fsp3) is 0.0323. The average molecular weight is 630 g/mol. The SMILES string of the molecule is Cc1cccnc1-c1[c-]cccc1.[Ir].[c-]1ccccc1-c1nc2ccccc2n1-c1ccccc1. The van der Waals surface area contributed by atoms with Crippen molar-refractivity contribution in [1.29, 1.82) is 0 Å². The Kier molecular flexibility index (Phi) is 7.99. The second-order valence-electron chi connectivity index (χ2n) is 7.82. The molecule has 0 aliphatic carbocycles. The van der Waals surface area contributed by atoms with Gasteiger partial charge in [0.15, 0.2) is 0 Å². The van der Waals surface area contributed by atoms with Crippen molar-refractivity contribution in [3.63, 3.8) is 0 Å². The number of fused-ring (bicyclic) bond motifs is 1. The maximum absolute atomic E-state index is 4.79. The number of nitrogens with zero attached hydrogens (tertiary/aromatic N) is 3. The van der Waals surface area contributed by atoms with Crippen molar-refractivity contribution >= 4 is 11.0 Å². The molecule has 0 amide bonds. The van der Waals surface area contributed by atoms with Gasteiger partial charge in [-0.05, 0) is 42.9 Å². The monoisotopic (exact) mass is 630 g/mol. The normalized spacial score (nSPS) is 10.2. The summed E-state index contributed by atoms with van der Waals surface area (Å²) < 4.78 is 2.18. The van der Waals surface area contributed by atoms with Gasteiger partial charge in [0.25, 0.3) is 0 Å². The van der Waals surface area contributed by atoms with Gasteiger partial charge in [0.2, 0.25) is 0 Å². The third-order valence-electron chi connectivity index (χ3n) is 5.50. The van der Waals surface area contributed by atoms with Crippen LogP contribution >= 0.6 is 0 Å². The van der Waals surface area contributed by atoms with Crippen LogP contribution in [0.5, 0.6) is 0 Å². The number of pyridine rings is 1. The minimum atomic E-state index is 0. The summed E-state index contributed by atoms with van der Waals surface area (Å²) in [4.78, 5) is 9.11. The van der Waals surface area contributed by atoms with Gasteiger partial charge in [-0.2, -0.15) is 0 Å². The van der Waals surface area contributed by atoms with Gasteiger partial charge >= 0.3 is 0 Å². The molecule has 0 spiro atoms. The van der Waals surface area contributed by atoms with Gasteiger partial charge in [0.1, 0.15) is 0 Å². The zero-order chi connectivity index (χ0) is 23.2. The largest absolute Gasteiger partial charge is 0.333 e. The molecule has 35 heavy (non-hydrogen) atoms. The summed E-state index contributed by atoms with van der Waals surface area (Å²) in [5, 5.41) is 0. The van der Waals surface area contributed by atoms with Crippen LogP contribution in [0.25, 0.3) is 39.4 Å². The Labute approximate surface area is 219 Å². The molecule has 2 aromatic heterocycles. The van der Waals surface area contributed by atoms with E-state index >= 15 is 0 Å². The first-order chi connectivity index (χ1) is 16.8. The quantitative estimate of drug-likeness (QED) is 0.192. The summed E-state index contributed by atoms with van der Waals surface area (Å²) in [7, 11) is 0. The molecule has 173 valence electrons. The van der Waals surface area contributed by atoms with Gasteiger partial charge in [-0.15, -0.1) is 71.8 Å². The van der Waals surface area contributed by atoms with Crippen molar-refractivity contribution in [3.8, 4) is 28.3 Å². The summed E-state index contributed by atoms with van der Waals surface area (Å²) >= 11 is 0. The molecule has 0 bridgehead atoms. The van der Waals surface area contributed by atoms with Crippen LogP contribution in [0.2, 0.25) is 0 Å². The van der Waals surface area contributed by atoms with E-state index in [2.05, 4.69) is 52.9 Å². The maximum Gasteiger partial charge on any atom is 0.0774 e. The summed E-state index contributed by atoms with van der Waals surface area (Å²) in [5.41, 5.74) is 7.47. The molecule has 3 nitrogen and oxygen atoms in total. The topological polar surface area (TPSA) is 30.7 Å². The number of para-hydroxylation sites is 3. The van der Waals surface area contributed by atoms with E-state index in [0.717, 1.165) is 39.4 Å². The van der Waals surface area contributed by atoms with Crippen LogP contribution in [0.4, 0.5) is 0 Å². The van der Waals surface area contributed by atoms with Gasteiger partial charge in [0, 0.05) is 32.0 Å². The molecule has 0 atom stereocenters. The number of hydrogen-bond acceptors (Lipinski definition) is 2. The van der Waals surface area contributed by atoms with Crippen LogP contribution in [0, 0.1) is 19.1 Å². The number of rotatable bonds is 3. The second-order valence-corrected chi connectivity index (χ2v) is 7.82. The number of imidazole rings is 1. The molecule has 1 radical (unpaired) electrons. The maximum atomic E-state index is 4.79. The molecule has 0 N–H and O–H groups in total. The van der Waals surface area contributed by atoms with E-state index in [9.17, 15) is 0 Å². The molecule has 0 aliphatic rings. The molecular formula is C31H23IrN3-2. The van der Waals surface area contributed by atoms with E-state index in [4.69, 9.17) is 4.98 Å². The predicted octanol–water partition coefficient (Wildman–Crippen LogP) is 7.35. The first-order valence-corrected chi connectivity index (χ1v) is 11.2. The van der Waals surface area contributed by atoms with Crippen molar-refractivity contribution in [2.45, 2.75) is 6.92 Å². The van der Waals surface area contributed by atoms with E-state index in [0.29, 0.717) is 0 Å². The minimum absolute atomic E-state index is 0. The molecule has 0 saturated carbocycles. The first kappa shape index (κ1) is 24.3. The second kappa shape index (κ2) is 11.5. The Morgan fingerprint density at radius 2 is 1.31 bits per heavy atom. The van der Waals surface area contributed by atoms with Crippen LogP contribution in [-0.2, 0) is 20.1 Å². The fourth-order valence-corrected chi connectivity index (χ4v) is 3.89. The Morgan fingerprint density at radius 1 is 0.657 bits per heavy atom. The third kappa shape index (κ3) is 5.46. The molecule has 2 heterocycles. The van der Waals surface area contributed by atoms with E-state index in [1.54, 1.807) is 0 Å². The Balaban J connectivity index is 0.000000179. The fourth-order valence-electron chi connectivity index (χ4n) is 3.89. The van der Waals surface area contributed by atoms with Crippen molar-refractivity contribution < 1.29 is 20.1 Å². The van der Waals surface area contributed by atoms with E-state index in [-0.39, 0.29) is 20.1 Å². The van der Waals surface area contributed by atoms with Gasteiger partial charge in [-0.1, -0.05) is 42.0 Å². The predicted molar refractivity (Wildman–Crippen MR) is 139 cm³/mol. The van der Waals surface area contributed by atoms with Gasteiger partial charge in [0.05, 0.1) is 16.9 Å². The van der Waals surface area contributed by atoms with Crippen molar-refractivity contribution in [3.05, 3.63) is 139 Å². The zero-order valence-electron chi connectivity index (χ0n) is 19.2.